The number of ether oxygens (including phenoxy) is 1. The summed E-state index contributed by atoms with van der Waals surface area (Å²) >= 11 is 0. The molecule has 0 radical (unpaired) electrons. The maximum absolute atomic E-state index is 12.6. The van der Waals surface area contributed by atoms with Gasteiger partial charge in [0.05, 0.1) is 4.92 Å². The van der Waals surface area contributed by atoms with E-state index in [0.29, 0.717) is 34.5 Å². The lowest BCUT2D eigenvalue weighted by atomic mass is 9.97. The molecule has 1 amide bonds. The third kappa shape index (κ3) is 5.26. The number of carbonyl (C=O) groups is 1. The summed E-state index contributed by atoms with van der Waals surface area (Å²) in [5, 5.41) is 21.8. The molecule has 4 rings (SSSR count). The first kappa shape index (κ1) is 22.7. The highest BCUT2D eigenvalue weighted by Crippen LogP contribution is 2.27. The maximum atomic E-state index is 12.6. The minimum Gasteiger partial charge on any atom is -0.457 e. The summed E-state index contributed by atoms with van der Waals surface area (Å²) in [5.41, 5.74) is 1.58. The van der Waals surface area contributed by atoms with Crippen LogP contribution in [-0.2, 0) is 5.41 Å². The van der Waals surface area contributed by atoms with Crippen LogP contribution in [0.5, 0.6) is 11.5 Å². The van der Waals surface area contributed by atoms with E-state index in [-0.39, 0.29) is 17.0 Å². The summed E-state index contributed by atoms with van der Waals surface area (Å²) < 4.78 is 11.4. The summed E-state index contributed by atoms with van der Waals surface area (Å²) in [4.78, 5) is 22.9. The molecule has 172 valence electrons. The monoisotopic (exact) mass is 458 g/mol. The first-order chi connectivity index (χ1) is 16.2. The Labute approximate surface area is 195 Å². The highest BCUT2D eigenvalue weighted by Gasteiger charge is 2.22. The van der Waals surface area contributed by atoms with E-state index in [9.17, 15) is 14.9 Å². The molecule has 1 N–H and O–H groups in total. The van der Waals surface area contributed by atoms with Crippen LogP contribution < -0.4 is 10.1 Å². The molecule has 0 saturated carbocycles. The van der Waals surface area contributed by atoms with Crippen molar-refractivity contribution in [1.82, 2.24) is 10.2 Å². The average molecular weight is 458 g/mol. The zero-order valence-electron chi connectivity index (χ0n) is 18.8. The molecule has 0 aliphatic heterocycles. The van der Waals surface area contributed by atoms with Crippen LogP contribution in [0.2, 0.25) is 0 Å². The number of anilines is 1. The van der Waals surface area contributed by atoms with Gasteiger partial charge in [0.15, 0.2) is 0 Å². The van der Waals surface area contributed by atoms with Crippen molar-refractivity contribution in [1.29, 1.82) is 0 Å². The van der Waals surface area contributed by atoms with Gasteiger partial charge in [0.2, 0.25) is 11.8 Å². The van der Waals surface area contributed by atoms with Crippen LogP contribution in [0.1, 0.15) is 37.0 Å². The number of hydrogen-bond donors (Lipinski definition) is 1. The van der Waals surface area contributed by atoms with Gasteiger partial charge in [-0.25, -0.2) is 0 Å². The largest absolute Gasteiger partial charge is 0.457 e. The van der Waals surface area contributed by atoms with Crippen molar-refractivity contribution >= 4 is 17.3 Å². The van der Waals surface area contributed by atoms with Gasteiger partial charge in [0, 0.05) is 34.4 Å². The fourth-order valence-corrected chi connectivity index (χ4v) is 2.99. The Bertz CT molecular complexity index is 1310. The van der Waals surface area contributed by atoms with Crippen LogP contribution in [-0.4, -0.2) is 21.0 Å². The van der Waals surface area contributed by atoms with Crippen molar-refractivity contribution in [3.8, 4) is 23.0 Å². The molecule has 0 unspecified atom stereocenters. The maximum Gasteiger partial charge on any atom is 0.269 e. The highest BCUT2D eigenvalue weighted by molar-refractivity contribution is 6.04. The van der Waals surface area contributed by atoms with E-state index in [1.165, 1.54) is 24.3 Å². The lowest BCUT2D eigenvalue weighted by Crippen LogP contribution is -2.11. The van der Waals surface area contributed by atoms with Crippen molar-refractivity contribution in [2.24, 2.45) is 0 Å². The van der Waals surface area contributed by atoms with Gasteiger partial charge in [-0.15, -0.1) is 10.2 Å². The van der Waals surface area contributed by atoms with Gasteiger partial charge in [0.25, 0.3) is 11.6 Å². The van der Waals surface area contributed by atoms with Crippen LogP contribution >= 0.6 is 0 Å². The Balaban J connectivity index is 1.38. The molecule has 0 aliphatic carbocycles. The van der Waals surface area contributed by atoms with Gasteiger partial charge >= 0.3 is 0 Å². The van der Waals surface area contributed by atoms with Crippen molar-refractivity contribution < 1.29 is 18.9 Å². The molecular formula is C25H22N4O5. The molecule has 0 fully saturated rings. The van der Waals surface area contributed by atoms with Crippen molar-refractivity contribution in [3.63, 3.8) is 0 Å². The molecule has 0 aliphatic rings. The van der Waals surface area contributed by atoms with Gasteiger partial charge < -0.3 is 14.5 Å². The number of amides is 1. The molecule has 9 heteroatoms. The Morgan fingerprint density at radius 3 is 2.03 bits per heavy atom. The molecule has 0 bridgehead atoms. The second kappa shape index (κ2) is 9.14. The number of aromatic nitrogens is 2. The van der Waals surface area contributed by atoms with Gasteiger partial charge in [0.1, 0.15) is 11.5 Å². The molecular weight excluding hydrogens is 436 g/mol. The number of nitrogens with zero attached hydrogens (tertiary/aromatic N) is 3. The van der Waals surface area contributed by atoms with Crippen LogP contribution in [0.25, 0.3) is 11.5 Å². The molecule has 0 atom stereocenters. The second-order valence-corrected chi connectivity index (χ2v) is 8.57. The minimum atomic E-state index is -0.474. The Morgan fingerprint density at radius 2 is 1.50 bits per heavy atom. The van der Waals surface area contributed by atoms with Crippen LogP contribution in [0, 0.1) is 10.1 Å². The summed E-state index contributed by atoms with van der Waals surface area (Å²) in [6.45, 7) is 5.99. The molecule has 3 aromatic carbocycles. The van der Waals surface area contributed by atoms with Gasteiger partial charge in [-0.05, 0) is 60.7 Å². The highest BCUT2D eigenvalue weighted by atomic mass is 16.6. The smallest absolute Gasteiger partial charge is 0.269 e. The van der Waals surface area contributed by atoms with E-state index in [1.54, 1.807) is 48.5 Å². The van der Waals surface area contributed by atoms with E-state index in [1.807, 2.05) is 20.8 Å². The van der Waals surface area contributed by atoms with Crippen molar-refractivity contribution in [3.05, 3.63) is 94.4 Å². The Morgan fingerprint density at radius 1 is 0.912 bits per heavy atom. The Kier molecular flexibility index (Phi) is 6.09. The van der Waals surface area contributed by atoms with Crippen LogP contribution in [0.3, 0.4) is 0 Å². The molecule has 0 spiro atoms. The van der Waals surface area contributed by atoms with Gasteiger partial charge in [-0.2, -0.15) is 0 Å². The van der Waals surface area contributed by atoms with Gasteiger partial charge in [-0.1, -0.05) is 20.8 Å². The normalized spacial score (nSPS) is 11.1. The summed E-state index contributed by atoms with van der Waals surface area (Å²) in [6.07, 6.45) is 0. The minimum absolute atomic E-state index is 0.0147. The Hall–Kier alpha value is -4.53. The molecule has 9 nitrogen and oxygen atoms in total. The number of nitro benzene ring substituents is 1. The van der Waals surface area contributed by atoms with E-state index in [0.717, 1.165) is 5.56 Å². The molecule has 1 aromatic heterocycles. The average Bonchev–Trinajstić information content (AvgIpc) is 3.31. The number of nitro groups is 1. The lowest BCUT2D eigenvalue weighted by molar-refractivity contribution is -0.384. The first-order valence-electron chi connectivity index (χ1n) is 10.5. The lowest BCUT2D eigenvalue weighted by Gasteiger charge is -2.11. The standard InChI is InChI=1S/C25H22N4O5/c1-25(2,3)24-28-27-23(34-24)17-4-8-18(9-5-17)26-22(30)16-6-12-20(13-7-16)33-21-14-10-19(11-15-21)29(31)32/h4-15H,1-3H3,(H,26,30). The number of carbonyl (C=O) groups excluding carboxylic acids is 1. The van der Waals surface area contributed by atoms with E-state index in [4.69, 9.17) is 9.15 Å². The molecule has 1 heterocycles. The topological polar surface area (TPSA) is 120 Å². The predicted molar refractivity (Wildman–Crippen MR) is 126 cm³/mol. The van der Waals surface area contributed by atoms with E-state index >= 15 is 0 Å². The molecule has 4 aromatic rings. The molecule has 34 heavy (non-hydrogen) atoms. The third-order valence-electron chi connectivity index (χ3n) is 4.86. The SMILES string of the molecule is CC(C)(C)c1nnc(-c2ccc(NC(=O)c3ccc(Oc4ccc([N+](=O)[O-])cc4)cc3)cc2)o1. The van der Waals surface area contributed by atoms with Crippen LogP contribution in [0.4, 0.5) is 11.4 Å². The van der Waals surface area contributed by atoms with E-state index in [2.05, 4.69) is 15.5 Å². The summed E-state index contributed by atoms with van der Waals surface area (Å²) in [6, 6.07) is 19.5. The first-order valence-corrected chi connectivity index (χ1v) is 10.5. The number of hydrogen-bond acceptors (Lipinski definition) is 7. The zero-order chi connectivity index (χ0) is 24.3. The zero-order valence-corrected chi connectivity index (χ0v) is 18.8. The summed E-state index contributed by atoms with van der Waals surface area (Å²) in [5.74, 6) is 1.66. The second-order valence-electron chi connectivity index (χ2n) is 8.57. The number of rotatable bonds is 6. The van der Waals surface area contributed by atoms with E-state index < -0.39 is 4.92 Å². The fourth-order valence-electron chi connectivity index (χ4n) is 2.99. The van der Waals surface area contributed by atoms with Crippen molar-refractivity contribution in [2.75, 3.05) is 5.32 Å². The number of benzene rings is 3. The quantitative estimate of drug-likeness (QED) is 0.278. The summed E-state index contributed by atoms with van der Waals surface area (Å²) in [7, 11) is 0. The van der Waals surface area contributed by atoms with Crippen molar-refractivity contribution in [2.45, 2.75) is 26.2 Å². The van der Waals surface area contributed by atoms with Crippen LogP contribution in [0.15, 0.2) is 77.2 Å². The predicted octanol–water partition coefficient (Wildman–Crippen LogP) is 5.99. The number of nitrogens with one attached hydrogen (secondary N) is 1. The molecule has 0 saturated heterocycles. The number of non-ortho nitro benzene ring substituents is 1. The van der Waals surface area contributed by atoms with Gasteiger partial charge in [-0.3, -0.25) is 14.9 Å². The third-order valence-corrected chi connectivity index (χ3v) is 4.86. The fraction of sp³-hybridized carbons (Fsp3) is 0.160.